The van der Waals surface area contributed by atoms with E-state index in [0.717, 1.165) is 24.9 Å². The maximum atomic E-state index is 12.4. The minimum atomic E-state index is 0.0808. The average molecular weight is 318 g/mol. The summed E-state index contributed by atoms with van der Waals surface area (Å²) in [7, 11) is 0. The number of nitrogens with zero attached hydrogens (tertiary/aromatic N) is 3. The van der Waals surface area contributed by atoms with Crippen molar-refractivity contribution in [3.05, 3.63) is 5.56 Å². The van der Waals surface area contributed by atoms with Crippen LogP contribution in [-0.2, 0) is 11.2 Å². The summed E-state index contributed by atoms with van der Waals surface area (Å²) in [5.41, 5.74) is 6.78. The van der Waals surface area contributed by atoms with Crippen molar-refractivity contribution in [2.75, 3.05) is 23.8 Å². The number of nitrogens with two attached hydrogens (primary N) is 1. The molecule has 3 rings (SSSR count). The molecule has 2 N–H and O–H groups in total. The summed E-state index contributed by atoms with van der Waals surface area (Å²) >= 11 is 0. The van der Waals surface area contributed by atoms with E-state index in [1.807, 2.05) is 0 Å². The first-order valence-corrected chi connectivity index (χ1v) is 8.78. The van der Waals surface area contributed by atoms with Crippen LogP contribution in [-0.4, -0.2) is 29.0 Å². The molecule has 0 saturated heterocycles. The number of ether oxygens (including phenoxy) is 1. The molecule has 1 aliphatic heterocycles. The van der Waals surface area contributed by atoms with E-state index in [9.17, 15) is 4.79 Å². The van der Waals surface area contributed by atoms with Crippen molar-refractivity contribution in [2.45, 2.75) is 58.3 Å². The number of unbranched alkanes of at least 4 members (excludes halogenated alkanes) is 1. The van der Waals surface area contributed by atoms with E-state index in [2.05, 4.69) is 16.9 Å². The average Bonchev–Trinajstić information content (AvgIpc) is 2.86. The molecule has 0 spiro atoms. The molecule has 1 amide bonds. The number of nitrogen functional groups attached to an aromatic ring is 1. The third-order valence-electron chi connectivity index (χ3n) is 4.78. The standard InChI is InChI=1S/C17H26N4O2/c1-2-3-9-23-17-19-15(18)13-10-14(22)21(16(13)20-17)11-12-7-5-4-6-8-12/h12H,2-11H2,1H3,(H2,18,19,20). The molecule has 1 saturated carbocycles. The maximum Gasteiger partial charge on any atom is 0.320 e. The number of fused-ring (bicyclic) bond motifs is 1. The van der Waals surface area contributed by atoms with Gasteiger partial charge >= 0.3 is 6.01 Å². The van der Waals surface area contributed by atoms with Crippen molar-refractivity contribution in [1.82, 2.24) is 9.97 Å². The smallest absolute Gasteiger partial charge is 0.320 e. The molecule has 2 aliphatic rings. The van der Waals surface area contributed by atoms with Crippen LogP contribution < -0.4 is 15.4 Å². The second kappa shape index (κ2) is 7.15. The molecule has 0 bridgehead atoms. The lowest BCUT2D eigenvalue weighted by Crippen LogP contribution is -2.33. The Hall–Kier alpha value is -1.85. The van der Waals surface area contributed by atoms with Crippen LogP contribution in [0, 0.1) is 5.92 Å². The van der Waals surface area contributed by atoms with Gasteiger partial charge in [0, 0.05) is 12.1 Å². The van der Waals surface area contributed by atoms with Gasteiger partial charge in [0.25, 0.3) is 0 Å². The lowest BCUT2D eigenvalue weighted by Gasteiger charge is -2.26. The molecule has 6 heteroatoms. The van der Waals surface area contributed by atoms with Crippen molar-refractivity contribution in [2.24, 2.45) is 5.92 Å². The second-order valence-electron chi connectivity index (χ2n) is 6.58. The molecule has 126 valence electrons. The second-order valence-corrected chi connectivity index (χ2v) is 6.58. The Morgan fingerprint density at radius 3 is 2.78 bits per heavy atom. The molecule has 0 atom stereocenters. The van der Waals surface area contributed by atoms with Crippen molar-refractivity contribution >= 4 is 17.5 Å². The molecule has 1 fully saturated rings. The van der Waals surface area contributed by atoms with Gasteiger partial charge < -0.3 is 10.5 Å². The maximum absolute atomic E-state index is 12.4. The zero-order chi connectivity index (χ0) is 16.2. The minimum Gasteiger partial charge on any atom is -0.463 e. The first-order valence-electron chi connectivity index (χ1n) is 8.78. The van der Waals surface area contributed by atoms with E-state index in [4.69, 9.17) is 10.5 Å². The molecule has 23 heavy (non-hydrogen) atoms. The van der Waals surface area contributed by atoms with Gasteiger partial charge in [0.05, 0.1) is 13.0 Å². The molecule has 1 aliphatic carbocycles. The fourth-order valence-corrected chi connectivity index (χ4v) is 3.41. The number of amides is 1. The fourth-order valence-electron chi connectivity index (χ4n) is 3.41. The summed E-state index contributed by atoms with van der Waals surface area (Å²) in [4.78, 5) is 22.9. The lowest BCUT2D eigenvalue weighted by molar-refractivity contribution is -0.117. The molecular weight excluding hydrogens is 292 g/mol. The third kappa shape index (κ3) is 3.57. The molecular formula is C17H26N4O2. The van der Waals surface area contributed by atoms with E-state index in [1.165, 1.54) is 32.1 Å². The number of anilines is 2. The van der Waals surface area contributed by atoms with Crippen LogP contribution in [0.2, 0.25) is 0 Å². The van der Waals surface area contributed by atoms with Gasteiger partial charge in [-0.3, -0.25) is 9.69 Å². The van der Waals surface area contributed by atoms with Crippen LogP contribution in [0.5, 0.6) is 6.01 Å². The topological polar surface area (TPSA) is 81.3 Å². The molecule has 1 aromatic heterocycles. The fraction of sp³-hybridized carbons (Fsp3) is 0.706. The van der Waals surface area contributed by atoms with Gasteiger partial charge in [-0.2, -0.15) is 9.97 Å². The predicted molar refractivity (Wildman–Crippen MR) is 89.5 cm³/mol. The normalized spacial score (nSPS) is 18.3. The van der Waals surface area contributed by atoms with Gasteiger partial charge in [-0.15, -0.1) is 0 Å². The van der Waals surface area contributed by atoms with Gasteiger partial charge in [-0.05, 0) is 25.2 Å². The van der Waals surface area contributed by atoms with Gasteiger partial charge in [-0.25, -0.2) is 0 Å². The molecule has 1 aromatic rings. The Morgan fingerprint density at radius 1 is 1.26 bits per heavy atom. The quantitative estimate of drug-likeness (QED) is 0.816. The Kier molecular flexibility index (Phi) is 4.98. The van der Waals surface area contributed by atoms with Crippen LogP contribution in [0.4, 0.5) is 11.6 Å². The number of rotatable bonds is 6. The molecule has 2 heterocycles. The Bertz CT molecular complexity index is 570. The van der Waals surface area contributed by atoms with E-state index >= 15 is 0 Å². The zero-order valence-electron chi connectivity index (χ0n) is 13.9. The van der Waals surface area contributed by atoms with Crippen molar-refractivity contribution in [1.29, 1.82) is 0 Å². The largest absolute Gasteiger partial charge is 0.463 e. The molecule has 0 radical (unpaired) electrons. The first kappa shape index (κ1) is 16.0. The summed E-state index contributed by atoms with van der Waals surface area (Å²) in [5.74, 6) is 1.69. The van der Waals surface area contributed by atoms with Crippen LogP contribution in [0.1, 0.15) is 57.4 Å². The Morgan fingerprint density at radius 2 is 2.04 bits per heavy atom. The van der Waals surface area contributed by atoms with Crippen molar-refractivity contribution < 1.29 is 9.53 Å². The predicted octanol–water partition coefficient (Wildman–Crippen LogP) is 2.71. The summed E-state index contributed by atoms with van der Waals surface area (Å²) < 4.78 is 5.59. The van der Waals surface area contributed by atoms with Gasteiger partial charge in [-0.1, -0.05) is 32.6 Å². The van der Waals surface area contributed by atoms with Gasteiger partial charge in [0.1, 0.15) is 11.6 Å². The molecule has 0 aromatic carbocycles. The van der Waals surface area contributed by atoms with Crippen molar-refractivity contribution in [3.8, 4) is 6.01 Å². The number of carbonyl (C=O) groups is 1. The van der Waals surface area contributed by atoms with E-state index in [1.54, 1.807) is 4.90 Å². The van der Waals surface area contributed by atoms with Crippen LogP contribution in [0.15, 0.2) is 0 Å². The van der Waals surface area contributed by atoms with E-state index in [0.29, 0.717) is 30.6 Å². The van der Waals surface area contributed by atoms with Crippen LogP contribution in [0.25, 0.3) is 0 Å². The van der Waals surface area contributed by atoms with Gasteiger partial charge in [0.2, 0.25) is 5.91 Å². The summed E-state index contributed by atoms with van der Waals surface area (Å²) in [6.07, 6.45) is 8.53. The SMILES string of the molecule is CCCCOc1nc(N)c2c(n1)N(CC1CCCCC1)C(=O)C2. The Balaban J connectivity index is 1.77. The third-order valence-corrected chi connectivity index (χ3v) is 4.78. The summed E-state index contributed by atoms with van der Waals surface area (Å²) in [6.45, 7) is 3.42. The highest BCUT2D eigenvalue weighted by molar-refractivity contribution is 6.01. The highest BCUT2D eigenvalue weighted by Gasteiger charge is 2.33. The zero-order valence-corrected chi connectivity index (χ0v) is 13.9. The first-order chi connectivity index (χ1) is 11.2. The van der Waals surface area contributed by atoms with Crippen LogP contribution >= 0.6 is 0 Å². The monoisotopic (exact) mass is 318 g/mol. The number of hydrogen-bond donors (Lipinski definition) is 1. The van der Waals surface area contributed by atoms with E-state index < -0.39 is 0 Å². The number of hydrogen-bond acceptors (Lipinski definition) is 5. The molecule has 6 nitrogen and oxygen atoms in total. The minimum absolute atomic E-state index is 0.0808. The summed E-state index contributed by atoms with van der Waals surface area (Å²) in [6, 6.07) is 0.290. The number of aromatic nitrogens is 2. The highest BCUT2D eigenvalue weighted by Crippen LogP contribution is 2.34. The molecule has 0 unspecified atom stereocenters. The van der Waals surface area contributed by atoms with E-state index in [-0.39, 0.29) is 11.9 Å². The highest BCUT2D eigenvalue weighted by atomic mass is 16.5. The lowest BCUT2D eigenvalue weighted by atomic mass is 9.89. The Labute approximate surface area is 137 Å². The van der Waals surface area contributed by atoms with Crippen LogP contribution in [0.3, 0.4) is 0 Å². The number of carbonyl (C=O) groups excluding carboxylic acids is 1. The summed E-state index contributed by atoms with van der Waals surface area (Å²) in [5, 5.41) is 0. The van der Waals surface area contributed by atoms with Gasteiger partial charge in [0.15, 0.2) is 0 Å². The van der Waals surface area contributed by atoms with Crippen molar-refractivity contribution in [3.63, 3.8) is 0 Å².